The van der Waals surface area contributed by atoms with Gasteiger partial charge in [0.25, 0.3) is 0 Å². The minimum atomic E-state index is -0.952. The van der Waals surface area contributed by atoms with Crippen molar-refractivity contribution in [3.63, 3.8) is 0 Å². The van der Waals surface area contributed by atoms with E-state index in [1.807, 2.05) is 0 Å². The van der Waals surface area contributed by atoms with Crippen molar-refractivity contribution >= 4 is 62.8 Å². The van der Waals surface area contributed by atoms with Crippen LogP contribution in [0.25, 0.3) is 0 Å². The predicted octanol–water partition coefficient (Wildman–Crippen LogP) is 3.16. The first-order chi connectivity index (χ1) is 4.98. The molecule has 4 heteroatoms. The minimum absolute atomic E-state index is 0.217. The fraction of sp³-hybridized carbons (Fsp3) is 0.714. The van der Waals surface area contributed by atoms with Crippen molar-refractivity contribution in [2.45, 2.75) is 26.7 Å². The third kappa shape index (κ3) is 7.98. The van der Waals surface area contributed by atoms with Crippen LogP contribution in [-0.2, 0) is 0 Å². The van der Waals surface area contributed by atoms with E-state index >= 15 is 0 Å². The third-order valence-corrected chi connectivity index (χ3v) is 10.2. The molecule has 0 amide bonds. The van der Waals surface area contributed by atoms with Crippen LogP contribution in [0.1, 0.15) is 0 Å². The number of hydrogen-bond donors (Lipinski definition) is 0. The fourth-order valence-corrected chi connectivity index (χ4v) is 8.43. The first-order valence-electron chi connectivity index (χ1n) is 3.90. The highest BCUT2D eigenvalue weighted by atomic mass is 127. The second-order valence-electron chi connectivity index (χ2n) is 3.48. The van der Waals surface area contributed by atoms with Crippen LogP contribution in [0.2, 0.25) is 25.2 Å². The van der Waals surface area contributed by atoms with Gasteiger partial charge in [-0.15, -0.1) is 12.3 Å². The van der Waals surface area contributed by atoms with Gasteiger partial charge in [-0.1, -0.05) is 70.4 Å². The van der Waals surface area contributed by atoms with Gasteiger partial charge < -0.3 is 0 Å². The summed E-state index contributed by atoms with van der Waals surface area (Å²) in [5.41, 5.74) is 2.22. The molecule has 66 valence electrons. The lowest BCUT2D eigenvalue weighted by atomic mass is 10.9. The molecule has 11 heavy (non-hydrogen) atoms. The Morgan fingerprint density at radius 1 is 1.55 bits per heavy atom. The van der Waals surface area contributed by atoms with Crippen LogP contribution in [0, 0.1) is 0 Å². The van der Waals surface area contributed by atoms with Gasteiger partial charge in [0.15, 0.2) is 0 Å². The molecular formula is C7H16I2Si2. The summed E-state index contributed by atoms with van der Waals surface area (Å²) < 4.78 is 0.944. The topological polar surface area (TPSA) is 0 Å². The van der Waals surface area contributed by atoms with Crippen LogP contribution in [0.5, 0.6) is 0 Å². The Balaban J connectivity index is 3.45. The lowest BCUT2D eigenvalue weighted by molar-refractivity contribution is 1.35. The van der Waals surface area contributed by atoms with Gasteiger partial charge in [-0.2, -0.15) is 0 Å². The van der Waals surface area contributed by atoms with E-state index in [1.165, 1.54) is 12.1 Å². The molecule has 0 aliphatic carbocycles. The molecule has 0 aromatic heterocycles. The minimum Gasteiger partial charge on any atom is -0.107 e. The third-order valence-electron chi connectivity index (χ3n) is 1.80. The maximum Gasteiger partial charge on any atom is 0.0706 e. The monoisotopic (exact) mass is 410 g/mol. The van der Waals surface area contributed by atoms with Crippen molar-refractivity contribution in [1.29, 1.82) is 0 Å². The largest absolute Gasteiger partial charge is 0.107 e. The summed E-state index contributed by atoms with van der Waals surface area (Å²) in [4.78, 5) is 0. The summed E-state index contributed by atoms with van der Waals surface area (Å²) in [6.45, 7) is 8.72. The average molecular weight is 410 g/mol. The summed E-state index contributed by atoms with van der Waals surface area (Å²) in [6.07, 6.45) is 0. The Bertz CT molecular complexity index is 124. The van der Waals surface area contributed by atoms with Crippen LogP contribution >= 0.6 is 45.2 Å². The van der Waals surface area contributed by atoms with Crippen LogP contribution in [0.15, 0.2) is 12.3 Å². The van der Waals surface area contributed by atoms with Crippen LogP contribution in [0.3, 0.4) is 0 Å². The Morgan fingerprint density at radius 2 is 2.09 bits per heavy atom. The number of halogens is 2. The van der Waals surface area contributed by atoms with E-state index < -0.39 is 8.07 Å². The maximum absolute atomic E-state index is 3.90. The number of rotatable bonds is 5. The molecule has 0 aromatic carbocycles. The maximum atomic E-state index is 3.90. The van der Waals surface area contributed by atoms with Gasteiger partial charge in [0, 0.05) is 11.1 Å². The number of hydrogen-bond acceptors (Lipinski definition) is 0. The van der Waals surface area contributed by atoms with E-state index in [2.05, 4.69) is 70.6 Å². The zero-order valence-electron chi connectivity index (χ0n) is 7.24. The summed E-state index contributed by atoms with van der Waals surface area (Å²) >= 11 is 5.09. The van der Waals surface area contributed by atoms with Crippen molar-refractivity contribution in [3.05, 3.63) is 12.3 Å². The lowest BCUT2D eigenvalue weighted by Gasteiger charge is -2.16. The highest BCUT2D eigenvalue weighted by Crippen LogP contribution is 2.16. The molecule has 0 rings (SSSR count). The SMILES string of the molecule is C=C[Si](C)(C)CC[SiH2]C(I)I. The Labute approximate surface area is 101 Å². The van der Waals surface area contributed by atoms with E-state index in [-0.39, 0.29) is 9.52 Å². The van der Waals surface area contributed by atoms with Gasteiger partial charge in [0.1, 0.15) is 0 Å². The van der Waals surface area contributed by atoms with Crippen molar-refractivity contribution in [1.82, 2.24) is 0 Å². The van der Waals surface area contributed by atoms with Gasteiger partial charge in [0.2, 0.25) is 0 Å². The van der Waals surface area contributed by atoms with Crippen molar-refractivity contribution in [2.24, 2.45) is 0 Å². The molecule has 0 bridgehead atoms. The van der Waals surface area contributed by atoms with Crippen molar-refractivity contribution in [2.75, 3.05) is 0 Å². The summed E-state index contributed by atoms with van der Waals surface area (Å²) in [7, 11) is -0.735. The van der Waals surface area contributed by atoms with E-state index in [0.29, 0.717) is 0 Å². The van der Waals surface area contributed by atoms with Gasteiger partial charge in [-0.05, 0) is 0 Å². The van der Waals surface area contributed by atoms with E-state index in [1.54, 1.807) is 0 Å². The fourth-order valence-electron chi connectivity index (χ4n) is 0.814. The quantitative estimate of drug-likeness (QED) is 0.371. The molecule has 0 heterocycles. The van der Waals surface area contributed by atoms with Gasteiger partial charge in [-0.3, -0.25) is 0 Å². The standard InChI is InChI=1S/C7H16I2Si2/c1-4-11(2,3)6-5-10-7(8)9/h4,7H,1,5-6,10H2,2-3H3. The molecule has 0 atom stereocenters. The zero-order valence-corrected chi connectivity index (χ0v) is 14.0. The number of alkyl halides is 2. The second-order valence-corrected chi connectivity index (χ2v) is 19.2. The molecule has 0 aliphatic heterocycles. The van der Waals surface area contributed by atoms with Crippen molar-refractivity contribution in [3.8, 4) is 0 Å². The van der Waals surface area contributed by atoms with Gasteiger partial charge in [-0.25, -0.2) is 0 Å². The van der Waals surface area contributed by atoms with E-state index in [0.717, 1.165) is 1.55 Å². The molecule has 0 saturated heterocycles. The average Bonchev–Trinajstić information content (AvgIpc) is 1.87. The molecular weight excluding hydrogens is 394 g/mol. The Kier molecular flexibility index (Phi) is 7.06. The van der Waals surface area contributed by atoms with Crippen LogP contribution in [0.4, 0.5) is 0 Å². The smallest absolute Gasteiger partial charge is 0.0706 e. The van der Waals surface area contributed by atoms with Gasteiger partial charge >= 0.3 is 0 Å². The molecule has 0 nitrogen and oxygen atoms in total. The first-order valence-corrected chi connectivity index (χ1v) is 11.5. The molecule has 0 radical (unpaired) electrons. The lowest BCUT2D eigenvalue weighted by Crippen LogP contribution is -2.22. The highest BCUT2D eigenvalue weighted by molar-refractivity contribution is 14.2. The predicted molar refractivity (Wildman–Crippen MR) is 77.7 cm³/mol. The van der Waals surface area contributed by atoms with Crippen LogP contribution in [-0.4, -0.2) is 19.1 Å². The first kappa shape index (κ1) is 12.6. The van der Waals surface area contributed by atoms with Gasteiger partial charge in [0.05, 0.1) is 8.07 Å². The highest BCUT2D eigenvalue weighted by Gasteiger charge is 2.15. The summed E-state index contributed by atoms with van der Waals surface area (Å²) in [5.74, 6) is 0. The molecule has 0 unspecified atom stereocenters. The van der Waals surface area contributed by atoms with E-state index in [9.17, 15) is 0 Å². The normalized spacial score (nSPS) is 13.2. The second kappa shape index (κ2) is 6.14. The Morgan fingerprint density at radius 3 is 2.45 bits per heavy atom. The van der Waals surface area contributed by atoms with Crippen molar-refractivity contribution < 1.29 is 0 Å². The molecule has 0 aromatic rings. The molecule has 0 spiro atoms. The zero-order chi connectivity index (χ0) is 8.91. The molecule has 0 aliphatic rings. The summed E-state index contributed by atoms with van der Waals surface area (Å²) in [5, 5.41) is 0. The molecule has 0 fully saturated rings. The van der Waals surface area contributed by atoms with E-state index in [4.69, 9.17) is 0 Å². The Hall–Kier alpha value is 1.63. The van der Waals surface area contributed by atoms with Crippen LogP contribution < -0.4 is 0 Å². The molecule has 0 N–H and O–H groups in total. The summed E-state index contributed by atoms with van der Waals surface area (Å²) in [6, 6.07) is 2.98. The molecule has 0 saturated carbocycles.